The standard InChI is InChI=1S/C16H17FN2OS/c1-11-4-2-3-5-15(11)21-9-8-16(20)19-14-10-12(18)6-7-13(14)17/h2-7,10H,8-9,18H2,1H3,(H,19,20). The zero-order chi connectivity index (χ0) is 15.2. The van der Waals surface area contributed by atoms with Gasteiger partial charge < -0.3 is 11.1 Å². The fraction of sp³-hybridized carbons (Fsp3) is 0.188. The molecule has 2 aromatic carbocycles. The summed E-state index contributed by atoms with van der Waals surface area (Å²) in [5.74, 6) is -0.0645. The fourth-order valence-electron chi connectivity index (χ4n) is 1.82. The Morgan fingerprint density at radius 3 is 2.81 bits per heavy atom. The van der Waals surface area contributed by atoms with Crippen molar-refractivity contribution in [3.05, 3.63) is 53.8 Å². The number of anilines is 2. The lowest BCUT2D eigenvalue weighted by molar-refractivity contribution is -0.115. The predicted octanol–water partition coefficient (Wildman–Crippen LogP) is 3.84. The van der Waals surface area contributed by atoms with Gasteiger partial charge in [-0.2, -0.15) is 0 Å². The van der Waals surface area contributed by atoms with E-state index in [4.69, 9.17) is 5.73 Å². The SMILES string of the molecule is Cc1ccccc1SCCC(=O)Nc1cc(N)ccc1F. The van der Waals surface area contributed by atoms with Gasteiger partial charge in [-0.3, -0.25) is 4.79 Å². The highest BCUT2D eigenvalue weighted by Crippen LogP contribution is 2.23. The summed E-state index contributed by atoms with van der Waals surface area (Å²) in [6.07, 6.45) is 0.313. The molecule has 0 heterocycles. The average Bonchev–Trinajstić information content (AvgIpc) is 2.45. The van der Waals surface area contributed by atoms with Crippen molar-refractivity contribution < 1.29 is 9.18 Å². The lowest BCUT2D eigenvalue weighted by atomic mass is 10.2. The van der Waals surface area contributed by atoms with Gasteiger partial charge in [-0.05, 0) is 36.8 Å². The van der Waals surface area contributed by atoms with Crippen LogP contribution < -0.4 is 11.1 Å². The molecule has 110 valence electrons. The third-order valence-electron chi connectivity index (χ3n) is 2.94. The Morgan fingerprint density at radius 2 is 2.05 bits per heavy atom. The average molecular weight is 304 g/mol. The first-order valence-corrected chi connectivity index (χ1v) is 7.58. The number of rotatable bonds is 5. The van der Waals surface area contributed by atoms with Gasteiger partial charge in [0.05, 0.1) is 5.69 Å². The maximum absolute atomic E-state index is 13.5. The first-order valence-electron chi connectivity index (χ1n) is 6.59. The Morgan fingerprint density at radius 1 is 1.29 bits per heavy atom. The molecule has 0 fully saturated rings. The molecule has 0 atom stereocenters. The van der Waals surface area contributed by atoms with E-state index in [1.165, 1.54) is 23.8 Å². The monoisotopic (exact) mass is 304 g/mol. The molecule has 0 aromatic heterocycles. The van der Waals surface area contributed by atoms with Crippen LogP contribution in [-0.2, 0) is 4.79 Å². The largest absolute Gasteiger partial charge is 0.399 e. The molecular weight excluding hydrogens is 287 g/mol. The number of carbonyl (C=O) groups excluding carboxylic acids is 1. The number of halogens is 1. The number of amides is 1. The second-order valence-electron chi connectivity index (χ2n) is 4.65. The lowest BCUT2D eigenvalue weighted by Crippen LogP contribution is -2.13. The molecule has 5 heteroatoms. The molecule has 0 spiro atoms. The molecule has 0 saturated heterocycles. The molecular formula is C16H17FN2OS. The molecule has 3 N–H and O–H groups in total. The summed E-state index contributed by atoms with van der Waals surface area (Å²) in [6, 6.07) is 12.1. The van der Waals surface area contributed by atoms with Gasteiger partial charge in [0, 0.05) is 22.8 Å². The Kier molecular flexibility index (Phi) is 5.22. The molecule has 0 aliphatic carbocycles. The summed E-state index contributed by atoms with van der Waals surface area (Å²) in [7, 11) is 0. The third-order valence-corrected chi connectivity index (χ3v) is 4.12. The fourth-order valence-corrected chi connectivity index (χ4v) is 2.80. The minimum atomic E-state index is -0.482. The quantitative estimate of drug-likeness (QED) is 0.652. The van der Waals surface area contributed by atoms with Crippen LogP contribution in [0.25, 0.3) is 0 Å². The lowest BCUT2D eigenvalue weighted by Gasteiger charge is -2.08. The Labute approximate surface area is 127 Å². The van der Waals surface area contributed by atoms with Crippen LogP contribution in [0.2, 0.25) is 0 Å². The maximum atomic E-state index is 13.5. The van der Waals surface area contributed by atoms with E-state index < -0.39 is 5.82 Å². The number of carbonyl (C=O) groups is 1. The first kappa shape index (κ1) is 15.4. The number of benzene rings is 2. The molecule has 0 bridgehead atoms. The summed E-state index contributed by atoms with van der Waals surface area (Å²) in [5, 5.41) is 2.54. The molecule has 1 amide bonds. The third kappa shape index (κ3) is 4.49. The van der Waals surface area contributed by atoms with Gasteiger partial charge in [0.2, 0.25) is 5.91 Å². The van der Waals surface area contributed by atoms with Crippen LogP contribution in [0.4, 0.5) is 15.8 Å². The smallest absolute Gasteiger partial charge is 0.225 e. The minimum absolute atomic E-state index is 0.126. The van der Waals surface area contributed by atoms with Crippen molar-refractivity contribution in [3.63, 3.8) is 0 Å². The summed E-state index contributed by atoms with van der Waals surface area (Å²) >= 11 is 1.61. The number of hydrogen-bond acceptors (Lipinski definition) is 3. The number of nitrogen functional groups attached to an aromatic ring is 1. The van der Waals surface area contributed by atoms with Crippen LogP contribution in [0, 0.1) is 12.7 Å². The van der Waals surface area contributed by atoms with Gasteiger partial charge in [0.1, 0.15) is 5.82 Å². The van der Waals surface area contributed by atoms with Crippen LogP contribution in [0.1, 0.15) is 12.0 Å². The van der Waals surface area contributed by atoms with Crippen LogP contribution in [0.5, 0.6) is 0 Å². The van der Waals surface area contributed by atoms with E-state index in [2.05, 4.69) is 5.32 Å². The van der Waals surface area contributed by atoms with Gasteiger partial charge in [0.25, 0.3) is 0 Å². The van der Waals surface area contributed by atoms with Gasteiger partial charge in [0.15, 0.2) is 0 Å². The number of hydrogen-bond donors (Lipinski definition) is 2. The molecule has 21 heavy (non-hydrogen) atoms. The highest BCUT2D eigenvalue weighted by molar-refractivity contribution is 7.99. The van der Waals surface area contributed by atoms with E-state index in [1.54, 1.807) is 11.8 Å². The van der Waals surface area contributed by atoms with Crippen molar-refractivity contribution >= 4 is 29.0 Å². The molecule has 2 aromatic rings. The molecule has 0 aliphatic heterocycles. The van der Waals surface area contributed by atoms with Crippen molar-refractivity contribution in [1.82, 2.24) is 0 Å². The van der Waals surface area contributed by atoms with Gasteiger partial charge in [-0.1, -0.05) is 18.2 Å². The van der Waals surface area contributed by atoms with Gasteiger partial charge in [-0.15, -0.1) is 11.8 Å². The van der Waals surface area contributed by atoms with E-state index in [-0.39, 0.29) is 11.6 Å². The maximum Gasteiger partial charge on any atom is 0.225 e. The predicted molar refractivity (Wildman–Crippen MR) is 86.0 cm³/mol. The minimum Gasteiger partial charge on any atom is -0.399 e. The van der Waals surface area contributed by atoms with Crippen LogP contribution in [0.3, 0.4) is 0 Å². The molecule has 0 saturated carbocycles. The molecule has 3 nitrogen and oxygen atoms in total. The second-order valence-corrected chi connectivity index (χ2v) is 5.79. The normalized spacial score (nSPS) is 10.4. The number of aryl methyl sites for hydroxylation is 1. The van der Waals surface area contributed by atoms with Crippen LogP contribution >= 0.6 is 11.8 Å². The molecule has 0 unspecified atom stereocenters. The summed E-state index contributed by atoms with van der Waals surface area (Å²) in [5.41, 5.74) is 7.30. The van der Waals surface area contributed by atoms with Crippen molar-refractivity contribution in [2.45, 2.75) is 18.2 Å². The summed E-state index contributed by atoms with van der Waals surface area (Å²) in [4.78, 5) is 13.0. The first-order chi connectivity index (χ1) is 10.1. The summed E-state index contributed by atoms with van der Waals surface area (Å²) in [6.45, 7) is 2.03. The van der Waals surface area contributed by atoms with E-state index >= 15 is 0 Å². The topological polar surface area (TPSA) is 55.1 Å². The van der Waals surface area contributed by atoms with Crippen molar-refractivity contribution in [2.24, 2.45) is 0 Å². The number of nitrogens with one attached hydrogen (secondary N) is 1. The summed E-state index contributed by atoms with van der Waals surface area (Å²) < 4.78 is 13.5. The molecule has 0 radical (unpaired) electrons. The number of thioether (sulfide) groups is 1. The van der Waals surface area contributed by atoms with E-state index in [0.717, 1.165) is 4.90 Å². The van der Waals surface area contributed by atoms with Crippen molar-refractivity contribution in [3.8, 4) is 0 Å². The van der Waals surface area contributed by atoms with Crippen LogP contribution in [-0.4, -0.2) is 11.7 Å². The van der Waals surface area contributed by atoms with Crippen molar-refractivity contribution in [2.75, 3.05) is 16.8 Å². The Bertz CT molecular complexity index is 646. The van der Waals surface area contributed by atoms with Crippen LogP contribution in [0.15, 0.2) is 47.4 Å². The second kappa shape index (κ2) is 7.13. The van der Waals surface area contributed by atoms with E-state index in [0.29, 0.717) is 17.9 Å². The van der Waals surface area contributed by atoms with E-state index in [9.17, 15) is 9.18 Å². The number of nitrogens with two attached hydrogens (primary N) is 1. The Hall–Kier alpha value is -2.01. The highest BCUT2D eigenvalue weighted by Gasteiger charge is 2.08. The molecule has 2 rings (SSSR count). The zero-order valence-corrected chi connectivity index (χ0v) is 12.5. The highest BCUT2D eigenvalue weighted by atomic mass is 32.2. The zero-order valence-electron chi connectivity index (χ0n) is 11.7. The van der Waals surface area contributed by atoms with Gasteiger partial charge in [-0.25, -0.2) is 4.39 Å². The Balaban J connectivity index is 1.85. The van der Waals surface area contributed by atoms with Crippen molar-refractivity contribution in [1.29, 1.82) is 0 Å². The van der Waals surface area contributed by atoms with Gasteiger partial charge >= 0.3 is 0 Å². The molecule has 0 aliphatic rings. The van der Waals surface area contributed by atoms with E-state index in [1.807, 2.05) is 31.2 Å².